The van der Waals surface area contributed by atoms with Crippen LogP contribution in [0.5, 0.6) is 0 Å². The molecule has 0 spiro atoms. The Bertz CT molecular complexity index is 632. The molecule has 6 heteroatoms. The van der Waals surface area contributed by atoms with Crippen LogP contribution in [-0.4, -0.2) is 37.2 Å². The van der Waals surface area contributed by atoms with Crippen LogP contribution in [0.25, 0.3) is 11.1 Å². The molecule has 1 aromatic heterocycles. The number of benzene rings is 1. The van der Waals surface area contributed by atoms with Crippen LogP contribution in [0.4, 0.5) is 6.01 Å². The molecular formula is C15H19N3O3. The number of carbonyl (C=O) groups is 1. The molecule has 0 atom stereocenters. The van der Waals surface area contributed by atoms with E-state index in [0.717, 1.165) is 42.6 Å². The number of hydrogen-bond donors (Lipinski definition) is 2. The minimum atomic E-state index is -0.258. The van der Waals surface area contributed by atoms with Crippen LogP contribution in [0.2, 0.25) is 0 Å². The van der Waals surface area contributed by atoms with Gasteiger partial charge in [0.25, 0.3) is 6.01 Å². The fourth-order valence-electron chi connectivity index (χ4n) is 2.52. The monoisotopic (exact) mass is 289 g/mol. The minimum Gasteiger partial charge on any atom is -0.469 e. The molecule has 1 saturated heterocycles. The van der Waals surface area contributed by atoms with Crippen molar-refractivity contribution in [1.29, 1.82) is 0 Å². The Hall–Kier alpha value is -2.08. The fourth-order valence-corrected chi connectivity index (χ4v) is 2.52. The summed E-state index contributed by atoms with van der Waals surface area (Å²) in [6, 6.07) is 6.51. The van der Waals surface area contributed by atoms with Gasteiger partial charge in [0.05, 0.1) is 13.5 Å². The van der Waals surface area contributed by atoms with Crippen LogP contribution in [0.15, 0.2) is 22.6 Å². The van der Waals surface area contributed by atoms with E-state index in [2.05, 4.69) is 20.4 Å². The first-order valence-corrected chi connectivity index (χ1v) is 7.18. The van der Waals surface area contributed by atoms with Crippen molar-refractivity contribution < 1.29 is 13.9 Å². The molecule has 0 saturated carbocycles. The summed E-state index contributed by atoms with van der Waals surface area (Å²) in [5.74, 6) is -0.258. The molecule has 21 heavy (non-hydrogen) atoms. The predicted octanol–water partition coefficient (Wildman–Crippen LogP) is 1.71. The van der Waals surface area contributed by atoms with Crippen LogP contribution >= 0.6 is 0 Å². The zero-order valence-electron chi connectivity index (χ0n) is 12.0. The van der Waals surface area contributed by atoms with Crippen molar-refractivity contribution in [1.82, 2.24) is 10.3 Å². The molecule has 0 radical (unpaired) electrons. The Kier molecular flexibility index (Phi) is 4.06. The summed E-state index contributed by atoms with van der Waals surface area (Å²) in [5, 5.41) is 6.66. The number of methoxy groups -OCH3 is 1. The van der Waals surface area contributed by atoms with Gasteiger partial charge < -0.3 is 19.8 Å². The number of ether oxygens (including phenoxy) is 1. The molecule has 2 aromatic rings. The number of aromatic nitrogens is 1. The van der Waals surface area contributed by atoms with Crippen molar-refractivity contribution in [2.24, 2.45) is 0 Å². The first-order valence-electron chi connectivity index (χ1n) is 7.18. The van der Waals surface area contributed by atoms with Gasteiger partial charge in [-0.3, -0.25) is 4.79 Å². The highest BCUT2D eigenvalue weighted by Gasteiger charge is 2.15. The Morgan fingerprint density at radius 1 is 1.48 bits per heavy atom. The molecule has 0 aliphatic carbocycles. The number of nitrogens with one attached hydrogen (secondary N) is 2. The maximum Gasteiger partial charge on any atom is 0.309 e. The first-order chi connectivity index (χ1) is 10.2. The lowest BCUT2D eigenvalue weighted by Gasteiger charge is -2.22. The minimum absolute atomic E-state index is 0.246. The second kappa shape index (κ2) is 6.13. The summed E-state index contributed by atoms with van der Waals surface area (Å²) in [6.45, 7) is 2.03. The van der Waals surface area contributed by atoms with Crippen molar-refractivity contribution in [3.8, 4) is 0 Å². The van der Waals surface area contributed by atoms with Crippen molar-refractivity contribution in [3.63, 3.8) is 0 Å². The van der Waals surface area contributed by atoms with Gasteiger partial charge in [-0.2, -0.15) is 4.98 Å². The van der Waals surface area contributed by atoms with E-state index in [4.69, 9.17) is 4.42 Å². The van der Waals surface area contributed by atoms with Crippen LogP contribution in [0.1, 0.15) is 18.4 Å². The van der Waals surface area contributed by atoms with Crippen LogP contribution < -0.4 is 10.6 Å². The largest absolute Gasteiger partial charge is 0.469 e. The molecule has 1 aliphatic heterocycles. The number of rotatable bonds is 4. The SMILES string of the molecule is COC(=O)Cc1ccc2oc(NC3CCNCC3)nc2c1. The maximum absolute atomic E-state index is 11.3. The van der Waals surface area contributed by atoms with Gasteiger partial charge in [-0.1, -0.05) is 6.07 Å². The van der Waals surface area contributed by atoms with Gasteiger partial charge in [0.15, 0.2) is 5.58 Å². The predicted molar refractivity (Wildman–Crippen MR) is 79.2 cm³/mol. The molecule has 0 amide bonds. The van der Waals surface area contributed by atoms with Gasteiger partial charge >= 0.3 is 5.97 Å². The first kappa shape index (κ1) is 13.9. The average molecular weight is 289 g/mol. The van der Waals surface area contributed by atoms with Crippen LogP contribution in [-0.2, 0) is 16.0 Å². The van der Waals surface area contributed by atoms with E-state index >= 15 is 0 Å². The van der Waals surface area contributed by atoms with E-state index in [-0.39, 0.29) is 12.4 Å². The van der Waals surface area contributed by atoms with Gasteiger partial charge in [-0.15, -0.1) is 0 Å². The van der Waals surface area contributed by atoms with Crippen LogP contribution in [0, 0.1) is 0 Å². The number of piperidine rings is 1. The molecule has 2 N–H and O–H groups in total. The number of esters is 1. The van der Waals surface area contributed by atoms with Gasteiger partial charge in [-0.25, -0.2) is 0 Å². The molecule has 1 aromatic carbocycles. The number of carbonyl (C=O) groups excluding carboxylic acids is 1. The summed E-state index contributed by atoms with van der Waals surface area (Å²) in [5.41, 5.74) is 2.35. The lowest BCUT2D eigenvalue weighted by atomic mass is 10.1. The van der Waals surface area contributed by atoms with Gasteiger partial charge in [0.2, 0.25) is 0 Å². The van der Waals surface area contributed by atoms with Gasteiger partial charge in [0.1, 0.15) is 5.52 Å². The molecule has 1 aliphatic rings. The van der Waals surface area contributed by atoms with Crippen molar-refractivity contribution in [2.45, 2.75) is 25.3 Å². The topological polar surface area (TPSA) is 76.4 Å². The fraction of sp³-hybridized carbons (Fsp3) is 0.467. The molecule has 0 unspecified atom stereocenters. The summed E-state index contributed by atoms with van der Waals surface area (Å²) in [6.07, 6.45) is 2.37. The van der Waals surface area contributed by atoms with E-state index in [1.165, 1.54) is 7.11 Å². The standard InChI is InChI=1S/C15H19N3O3/c1-20-14(19)9-10-2-3-13-12(8-10)18-15(21-13)17-11-4-6-16-7-5-11/h2-3,8,11,16H,4-7,9H2,1H3,(H,17,18). The quantitative estimate of drug-likeness (QED) is 0.834. The number of oxazole rings is 1. The smallest absolute Gasteiger partial charge is 0.309 e. The Morgan fingerprint density at radius 2 is 2.29 bits per heavy atom. The number of hydrogen-bond acceptors (Lipinski definition) is 6. The van der Waals surface area contributed by atoms with Crippen molar-refractivity contribution in [3.05, 3.63) is 23.8 Å². The third-order valence-electron chi connectivity index (χ3n) is 3.69. The van der Waals surface area contributed by atoms with Crippen molar-refractivity contribution in [2.75, 3.05) is 25.5 Å². The molecule has 112 valence electrons. The number of anilines is 1. The normalized spacial score (nSPS) is 16.0. The van der Waals surface area contributed by atoms with E-state index in [9.17, 15) is 4.79 Å². The van der Waals surface area contributed by atoms with E-state index in [1.54, 1.807) is 0 Å². The Morgan fingerprint density at radius 3 is 3.05 bits per heavy atom. The summed E-state index contributed by atoms with van der Waals surface area (Å²) in [7, 11) is 1.39. The van der Waals surface area contributed by atoms with Crippen molar-refractivity contribution >= 4 is 23.1 Å². The Labute approximate surface area is 122 Å². The summed E-state index contributed by atoms with van der Waals surface area (Å²) < 4.78 is 10.4. The Balaban J connectivity index is 1.74. The maximum atomic E-state index is 11.3. The highest BCUT2D eigenvalue weighted by molar-refractivity contribution is 5.78. The summed E-state index contributed by atoms with van der Waals surface area (Å²) in [4.78, 5) is 15.8. The highest BCUT2D eigenvalue weighted by atomic mass is 16.5. The average Bonchev–Trinajstić information content (AvgIpc) is 2.89. The zero-order chi connectivity index (χ0) is 14.7. The zero-order valence-corrected chi connectivity index (χ0v) is 12.0. The molecule has 6 nitrogen and oxygen atoms in total. The van der Waals surface area contributed by atoms with Gasteiger partial charge in [0, 0.05) is 6.04 Å². The second-order valence-corrected chi connectivity index (χ2v) is 5.24. The van der Waals surface area contributed by atoms with E-state index in [1.807, 2.05) is 18.2 Å². The third-order valence-corrected chi connectivity index (χ3v) is 3.69. The number of nitrogens with zero attached hydrogens (tertiary/aromatic N) is 1. The molecule has 3 rings (SSSR count). The summed E-state index contributed by atoms with van der Waals surface area (Å²) >= 11 is 0. The molecule has 2 heterocycles. The molecule has 1 fully saturated rings. The lowest BCUT2D eigenvalue weighted by molar-refractivity contribution is -0.139. The lowest BCUT2D eigenvalue weighted by Crippen LogP contribution is -2.35. The molecule has 0 bridgehead atoms. The second-order valence-electron chi connectivity index (χ2n) is 5.24. The van der Waals surface area contributed by atoms with Gasteiger partial charge in [-0.05, 0) is 43.6 Å². The molecular weight excluding hydrogens is 270 g/mol. The van der Waals surface area contributed by atoms with E-state index in [0.29, 0.717) is 12.1 Å². The highest BCUT2D eigenvalue weighted by Crippen LogP contribution is 2.22. The third kappa shape index (κ3) is 3.33. The number of fused-ring (bicyclic) bond motifs is 1. The van der Waals surface area contributed by atoms with E-state index < -0.39 is 0 Å². The van der Waals surface area contributed by atoms with Crippen LogP contribution in [0.3, 0.4) is 0 Å².